The highest BCUT2D eigenvalue weighted by molar-refractivity contribution is 6.03. The van der Waals surface area contributed by atoms with Gasteiger partial charge < -0.3 is 31.8 Å². The maximum Gasteiger partial charge on any atom is 0.337 e. The van der Waals surface area contributed by atoms with Crippen LogP contribution in [0.5, 0.6) is 0 Å². The zero-order valence-corrected chi connectivity index (χ0v) is 35.4. The molecule has 0 radical (unpaired) electrons. The van der Waals surface area contributed by atoms with Crippen molar-refractivity contribution in [2.45, 2.75) is 12.8 Å². The van der Waals surface area contributed by atoms with E-state index in [1.165, 1.54) is 67.5 Å². The molecule has 9 rings (SSSR count). The summed E-state index contributed by atoms with van der Waals surface area (Å²) < 4.78 is 55.6. The smallest absolute Gasteiger partial charge is 0.337 e. The number of carbonyl (C=O) groups excluding carboxylic acids is 1. The maximum atomic E-state index is 13.3. The topological polar surface area (TPSA) is 304 Å². The van der Waals surface area contributed by atoms with Gasteiger partial charge in [-0.15, -0.1) is 20.4 Å². The van der Waals surface area contributed by atoms with E-state index >= 15 is 0 Å². The number of halogens is 4. The number of benzene rings is 2. The monoisotopic (exact) mass is 947 g/mol. The third-order valence-electron chi connectivity index (χ3n) is 8.82. The molecule has 0 fully saturated rings. The van der Waals surface area contributed by atoms with Gasteiger partial charge in [0.15, 0.2) is 11.3 Å². The van der Waals surface area contributed by atoms with Crippen LogP contribution < -0.4 is 22.3 Å². The second-order valence-corrected chi connectivity index (χ2v) is 13.8. The lowest BCUT2D eigenvalue weighted by atomic mass is 10.1. The lowest BCUT2D eigenvalue weighted by molar-refractivity contribution is -0.122. The number of carbonyl (C=O) groups is 4. The number of hydrogen-bond donors (Lipinski definition) is 7. The molecular formula is C45H37F4N13O7. The van der Waals surface area contributed by atoms with Gasteiger partial charge >= 0.3 is 11.9 Å². The molecule has 9 N–H and O–H groups in total. The van der Waals surface area contributed by atoms with Crippen molar-refractivity contribution >= 4 is 53.1 Å². The first-order valence-corrected chi connectivity index (χ1v) is 19.6. The van der Waals surface area contributed by atoms with Crippen LogP contribution in [0.4, 0.5) is 35.0 Å². The van der Waals surface area contributed by atoms with E-state index in [0.29, 0.717) is 58.3 Å². The number of aromatic nitrogens is 9. The molecule has 0 saturated heterocycles. The Morgan fingerprint density at radius 1 is 0.580 bits per heavy atom. The second-order valence-electron chi connectivity index (χ2n) is 13.8. The number of nitrogens with two attached hydrogens (primary N) is 2. The molecular weight excluding hydrogens is 911 g/mol. The number of carboxylic acids is 2. The number of pyridine rings is 5. The van der Waals surface area contributed by atoms with Crippen molar-refractivity contribution in [1.82, 2.24) is 44.1 Å². The van der Waals surface area contributed by atoms with E-state index in [9.17, 15) is 31.9 Å². The van der Waals surface area contributed by atoms with Crippen molar-refractivity contribution in [3.8, 4) is 0 Å². The summed E-state index contributed by atoms with van der Waals surface area (Å²) in [4.78, 5) is 53.3. The Labute approximate surface area is 386 Å². The molecule has 0 aliphatic rings. The Balaban J connectivity index is 0.000000180. The predicted octanol–water partition coefficient (Wildman–Crippen LogP) is 5.97. The summed E-state index contributed by atoms with van der Waals surface area (Å²) in [6, 6.07) is 23.0. The Morgan fingerprint density at radius 3 is 1.46 bits per heavy atom. The first-order chi connectivity index (χ1) is 33.1. The molecule has 0 saturated carbocycles. The lowest BCUT2D eigenvalue weighted by Gasteiger charge is -2.07. The fourth-order valence-corrected chi connectivity index (χ4v) is 5.75. The van der Waals surface area contributed by atoms with Crippen molar-refractivity contribution < 1.29 is 52.1 Å². The molecule has 7 aromatic heterocycles. The third kappa shape index (κ3) is 15.7. The van der Waals surface area contributed by atoms with E-state index in [2.05, 4.69) is 46.1 Å². The minimum absolute atomic E-state index is 0.143. The molecule has 7 heterocycles. The summed E-state index contributed by atoms with van der Waals surface area (Å²) in [5, 5.41) is 41.7. The van der Waals surface area contributed by atoms with Crippen LogP contribution in [-0.2, 0) is 17.6 Å². The van der Waals surface area contributed by atoms with Crippen LogP contribution in [-0.4, -0.2) is 83.8 Å². The fraction of sp³-hybridized carbons (Fsp3) is 0.0444. The second kappa shape index (κ2) is 24.5. The van der Waals surface area contributed by atoms with E-state index < -0.39 is 35.2 Å². The standard InChI is InChI=1S/C19H13F2N5O.C12H10F2N2.C7H5N3O2.C6H7N3O2.CH2O2/c20-15-6-13(7-16(21)8-15)5-12-1-3-17(22-9-12)24-19(27)14-2-4-18-25-23-11-26(18)10-14;13-10-4-9(5-11(14)6-10)3-8-1-2-12(15)16-7-8;11-7(12)5-1-2-6-9-8-4-10(6)3-5;7-9-5-2-1-4(3-8-5)6(10)11;2-1-3/h1-4,6-11H,5H2,(H,22,24,27);1-2,4-7H,3H2,(H2,15,16);1-4H,(H,11,12);1-3H,7H2,(H,8,9)(H,10,11);1H,(H,2,3). The van der Waals surface area contributed by atoms with Crippen LogP contribution >= 0.6 is 0 Å². The third-order valence-corrected chi connectivity index (χ3v) is 8.82. The highest BCUT2D eigenvalue weighted by atomic mass is 19.1. The summed E-state index contributed by atoms with van der Waals surface area (Å²) in [6.45, 7) is -0.250. The van der Waals surface area contributed by atoms with Gasteiger partial charge in [0.25, 0.3) is 12.4 Å². The average Bonchev–Trinajstić information content (AvgIpc) is 4.00. The van der Waals surface area contributed by atoms with Gasteiger partial charge in [-0.2, -0.15) is 0 Å². The van der Waals surface area contributed by atoms with Gasteiger partial charge in [0.05, 0.1) is 16.7 Å². The summed E-state index contributed by atoms with van der Waals surface area (Å²) in [7, 11) is 0. The zero-order valence-electron chi connectivity index (χ0n) is 35.4. The number of nitrogens with zero attached hydrogens (tertiary/aromatic N) is 9. The number of fused-ring (bicyclic) bond motifs is 2. The Morgan fingerprint density at radius 2 is 1.03 bits per heavy atom. The molecule has 1 amide bonds. The number of nitrogens with one attached hydrogen (secondary N) is 2. The predicted molar refractivity (Wildman–Crippen MR) is 240 cm³/mol. The Bertz CT molecular complexity index is 3120. The van der Waals surface area contributed by atoms with E-state index in [0.717, 1.165) is 23.3 Å². The minimum atomic E-state index is -0.999. The van der Waals surface area contributed by atoms with Crippen molar-refractivity contribution in [1.29, 1.82) is 0 Å². The number of hydrazine groups is 1. The fourth-order valence-electron chi connectivity index (χ4n) is 5.75. The number of anilines is 3. The number of carboxylic acid groups (broad SMARTS) is 3. The quantitative estimate of drug-likeness (QED) is 0.0379. The summed E-state index contributed by atoms with van der Waals surface area (Å²) in [5.41, 5.74) is 12.5. The number of hydrogen-bond acceptors (Lipinski definition) is 14. The SMILES string of the molecule is NNc1ccc(C(=O)O)cn1.Nc1ccc(Cc2cc(F)cc(F)c2)cn1.O=C(Nc1ccc(Cc2cc(F)cc(F)c2)cn1)c1ccc2nncn2c1.O=C(O)c1ccc2nncn2c1.O=CO. The van der Waals surface area contributed by atoms with Gasteiger partial charge in [0, 0.05) is 43.1 Å². The van der Waals surface area contributed by atoms with Crippen LogP contribution in [0.25, 0.3) is 11.3 Å². The zero-order chi connectivity index (χ0) is 49.9. The molecule has 352 valence electrons. The van der Waals surface area contributed by atoms with Gasteiger partial charge in [-0.05, 0) is 108 Å². The number of aromatic carboxylic acids is 2. The van der Waals surface area contributed by atoms with Gasteiger partial charge in [-0.25, -0.2) is 47.9 Å². The van der Waals surface area contributed by atoms with Gasteiger partial charge in [0.2, 0.25) is 0 Å². The normalized spacial score (nSPS) is 10.1. The van der Waals surface area contributed by atoms with E-state index in [1.54, 1.807) is 69.9 Å². The molecule has 0 unspecified atom stereocenters. The van der Waals surface area contributed by atoms with Crippen LogP contribution in [0.3, 0.4) is 0 Å². The van der Waals surface area contributed by atoms with Crippen LogP contribution in [0.1, 0.15) is 53.3 Å². The van der Waals surface area contributed by atoms with Crippen LogP contribution in [0.2, 0.25) is 0 Å². The molecule has 0 atom stereocenters. The first kappa shape index (κ1) is 50.3. The van der Waals surface area contributed by atoms with E-state index in [-0.39, 0.29) is 23.5 Å². The van der Waals surface area contributed by atoms with E-state index in [4.69, 9.17) is 31.7 Å². The Kier molecular flexibility index (Phi) is 17.9. The van der Waals surface area contributed by atoms with Gasteiger partial charge in [-0.1, -0.05) is 12.1 Å². The lowest BCUT2D eigenvalue weighted by Crippen LogP contribution is -2.13. The van der Waals surface area contributed by atoms with Gasteiger partial charge in [0.1, 0.15) is 53.4 Å². The number of rotatable bonds is 9. The van der Waals surface area contributed by atoms with Crippen LogP contribution in [0.15, 0.2) is 141 Å². The minimum Gasteiger partial charge on any atom is -0.483 e. The largest absolute Gasteiger partial charge is 0.483 e. The average molecular weight is 948 g/mol. The van der Waals surface area contributed by atoms with Crippen molar-refractivity contribution in [3.05, 3.63) is 203 Å². The molecule has 0 aliphatic heterocycles. The molecule has 24 heteroatoms. The molecule has 0 bridgehead atoms. The molecule has 2 aromatic carbocycles. The van der Waals surface area contributed by atoms with Crippen molar-refractivity contribution in [3.63, 3.8) is 0 Å². The summed E-state index contributed by atoms with van der Waals surface area (Å²) in [6.07, 6.45) is 11.2. The molecule has 0 spiro atoms. The summed E-state index contributed by atoms with van der Waals surface area (Å²) >= 11 is 0. The molecule has 20 nitrogen and oxygen atoms in total. The first-order valence-electron chi connectivity index (χ1n) is 19.6. The summed E-state index contributed by atoms with van der Waals surface area (Å²) in [5.74, 6) is 1.60. The maximum absolute atomic E-state index is 13.3. The molecule has 9 aromatic rings. The molecule has 69 heavy (non-hydrogen) atoms. The number of nitrogen functional groups attached to an aromatic ring is 2. The van der Waals surface area contributed by atoms with Crippen molar-refractivity contribution in [2.24, 2.45) is 5.84 Å². The molecule has 0 aliphatic carbocycles. The van der Waals surface area contributed by atoms with Crippen LogP contribution in [0, 0.1) is 23.3 Å². The van der Waals surface area contributed by atoms with E-state index in [1.807, 2.05) is 0 Å². The van der Waals surface area contributed by atoms with Gasteiger partial charge in [-0.3, -0.25) is 18.4 Å². The Hall–Kier alpha value is -9.71. The highest BCUT2D eigenvalue weighted by Crippen LogP contribution is 2.16. The number of amides is 1. The van der Waals surface area contributed by atoms with Crippen molar-refractivity contribution in [2.75, 3.05) is 16.5 Å². The highest BCUT2D eigenvalue weighted by Gasteiger charge is 2.10.